The summed E-state index contributed by atoms with van der Waals surface area (Å²) in [5.41, 5.74) is 2.69. The molecule has 0 aromatic heterocycles. The van der Waals surface area contributed by atoms with E-state index < -0.39 is 0 Å². The molecule has 1 nitrogen and oxygen atoms in total. The zero-order valence-corrected chi connectivity index (χ0v) is 11.1. The number of likely N-dealkylation sites (N-methyl/N-ethyl adjacent to an activating group) is 1. The SMILES string of the molecule is C=CC1=C(C=C)CN(C)CC1.CC.CC. The van der Waals surface area contributed by atoms with Gasteiger partial charge in [0.05, 0.1) is 0 Å². The minimum absolute atomic E-state index is 1.02. The molecule has 0 bridgehead atoms. The third-order valence-corrected chi connectivity index (χ3v) is 2.11. The maximum absolute atomic E-state index is 3.78. The zero-order chi connectivity index (χ0) is 12.3. The van der Waals surface area contributed by atoms with Crippen LogP contribution >= 0.6 is 0 Å². The first-order valence-electron chi connectivity index (χ1n) is 5.93. The predicted molar refractivity (Wildman–Crippen MR) is 72.2 cm³/mol. The second-order valence-electron chi connectivity index (χ2n) is 2.95. The summed E-state index contributed by atoms with van der Waals surface area (Å²) in [5.74, 6) is 0. The van der Waals surface area contributed by atoms with Gasteiger partial charge in [0.15, 0.2) is 0 Å². The Morgan fingerprint density at radius 2 is 1.47 bits per heavy atom. The second kappa shape index (κ2) is 11.3. The fourth-order valence-corrected chi connectivity index (χ4v) is 1.37. The Labute approximate surface area is 96.2 Å². The quantitative estimate of drug-likeness (QED) is 0.663. The van der Waals surface area contributed by atoms with Crippen LogP contribution in [0.1, 0.15) is 34.1 Å². The standard InChI is InChI=1S/C10H15N.2C2H6/c1-4-9-6-7-11(3)8-10(9)5-2;2*1-2/h4-5H,1-2,6-8H2,3H3;2*1-2H3. The van der Waals surface area contributed by atoms with Gasteiger partial charge in [0, 0.05) is 13.1 Å². The van der Waals surface area contributed by atoms with Crippen molar-refractivity contribution in [2.24, 2.45) is 0 Å². The van der Waals surface area contributed by atoms with E-state index in [0.717, 1.165) is 19.5 Å². The van der Waals surface area contributed by atoms with Crippen molar-refractivity contribution in [2.45, 2.75) is 34.1 Å². The first kappa shape index (κ1) is 16.6. The molecular formula is C14H27N. The van der Waals surface area contributed by atoms with E-state index in [4.69, 9.17) is 0 Å². The third kappa shape index (κ3) is 6.29. The summed E-state index contributed by atoms with van der Waals surface area (Å²) >= 11 is 0. The van der Waals surface area contributed by atoms with Gasteiger partial charge in [-0.3, -0.25) is 0 Å². The average molecular weight is 209 g/mol. The molecule has 1 heteroatoms. The molecule has 1 aliphatic rings. The lowest BCUT2D eigenvalue weighted by Crippen LogP contribution is -2.26. The van der Waals surface area contributed by atoms with Crippen molar-refractivity contribution in [1.29, 1.82) is 0 Å². The Morgan fingerprint density at radius 3 is 1.87 bits per heavy atom. The number of hydrogen-bond donors (Lipinski definition) is 0. The summed E-state index contributed by atoms with van der Waals surface area (Å²) in [6, 6.07) is 0. The van der Waals surface area contributed by atoms with E-state index in [0.29, 0.717) is 0 Å². The summed E-state index contributed by atoms with van der Waals surface area (Å²) < 4.78 is 0. The molecule has 0 amide bonds. The summed E-state index contributed by atoms with van der Waals surface area (Å²) in [4.78, 5) is 2.30. The van der Waals surface area contributed by atoms with Crippen LogP contribution in [0.5, 0.6) is 0 Å². The van der Waals surface area contributed by atoms with Gasteiger partial charge in [-0.2, -0.15) is 0 Å². The Hall–Kier alpha value is -0.820. The highest BCUT2D eigenvalue weighted by atomic mass is 15.1. The maximum atomic E-state index is 3.78. The summed E-state index contributed by atoms with van der Waals surface area (Å²) in [6.45, 7) is 17.7. The van der Waals surface area contributed by atoms with Gasteiger partial charge < -0.3 is 4.90 Å². The molecule has 88 valence electrons. The van der Waals surface area contributed by atoms with Gasteiger partial charge in [0.2, 0.25) is 0 Å². The highest BCUT2D eigenvalue weighted by Gasteiger charge is 2.10. The van der Waals surface area contributed by atoms with Crippen molar-refractivity contribution in [2.75, 3.05) is 20.1 Å². The minimum Gasteiger partial charge on any atom is -0.302 e. The van der Waals surface area contributed by atoms with Gasteiger partial charge in [0.25, 0.3) is 0 Å². The van der Waals surface area contributed by atoms with Crippen LogP contribution in [0.2, 0.25) is 0 Å². The lowest BCUT2D eigenvalue weighted by atomic mass is 10.0. The zero-order valence-electron chi connectivity index (χ0n) is 11.1. The molecule has 0 spiro atoms. The molecule has 1 rings (SSSR count). The van der Waals surface area contributed by atoms with Gasteiger partial charge in [-0.15, -0.1) is 0 Å². The van der Waals surface area contributed by atoms with Crippen LogP contribution in [0.4, 0.5) is 0 Å². The van der Waals surface area contributed by atoms with Crippen molar-refractivity contribution in [3.8, 4) is 0 Å². The molecule has 1 heterocycles. The van der Waals surface area contributed by atoms with E-state index in [9.17, 15) is 0 Å². The predicted octanol–water partition coefficient (Wildman–Crippen LogP) is 4.04. The summed E-state index contributed by atoms with van der Waals surface area (Å²) in [7, 11) is 2.13. The van der Waals surface area contributed by atoms with Gasteiger partial charge in [-0.1, -0.05) is 53.0 Å². The number of allylic oxidation sites excluding steroid dienone is 1. The van der Waals surface area contributed by atoms with Crippen LogP contribution < -0.4 is 0 Å². The van der Waals surface area contributed by atoms with Crippen LogP contribution in [0.15, 0.2) is 36.5 Å². The smallest absolute Gasteiger partial charge is 0.0233 e. The maximum Gasteiger partial charge on any atom is 0.0233 e. The molecule has 0 unspecified atom stereocenters. The first-order chi connectivity index (χ1) is 7.27. The van der Waals surface area contributed by atoms with Crippen molar-refractivity contribution in [1.82, 2.24) is 4.90 Å². The molecule has 0 N–H and O–H groups in total. The monoisotopic (exact) mass is 209 g/mol. The van der Waals surface area contributed by atoms with Crippen molar-refractivity contribution >= 4 is 0 Å². The topological polar surface area (TPSA) is 3.24 Å². The number of rotatable bonds is 2. The van der Waals surface area contributed by atoms with Gasteiger partial charge in [-0.05, 0) is 24.6 Å². The Kier molecular flexibility index (Phi) is 12.5. The van der Waals surface area contributed by atoms with E-state index >= 15 is 0 Å². The largest absolute Gasteiger partial charge is 0.302 e. The van der Waals surface area contributed by atoms with E-state index in [1.54, 1.807) is 0 Å². The number of nitrogens with zero attached hydrogens (tertiary/aromatic N) is 1. The molecule has 0 saturated heterocycles. The normalized spacial score (nSPS) is 15.5. The van der Waals surface area contributed by atoms with Crippen LogP contribution in [0, 0.1) is 0 Å². The Bertz CT molecular complexity index is 201. The molecule has 0 aliphatic carbocycles. The molecule has 1 aliphatic heterocycles. The first-order valence-corrected chi connectivity index (χ1v) is 5.93. The highest BCUT2D eigenvalue weighted by Crippen LogP contribution is 2.17. The van der Waals surface area contributed by atoms with Crippen LogP contribution in [0.25, 0.3) is 0 Å². The molecular weight excluding hydrogens is 182 g/mol. The summed E-state index contributed by atoms with van der Waals surface area (Å²) in [6.07, 6.45) is 5.00. The average Bonchev–Trinajstić information content (AvgIpc) is 2.34. The van der Waals surface area contributed by atoms with E-state index in [-0.39, 0.29) is 0 Å². The highest BCUT2D eigenvalue weighted by molar-refractivity contribution is 5.34. The van der Waals surface area contributed by atoms with Crippen LogP contribution in [-0.4, -0.2) is 25.0 Å². The molecule has 0 fully saturated rings. The minimum atomic E-state index is 1.02. The van der Waals surface area contributed by atoms with Gasteiger partial charge in [0.1, 0.15) is 0 Å². The third-order valence-electron chi connectivity index (χ3n) is 2.11. The van der Waals surface area contributed by atoms with Gasteiger partial charge in [-0.25, -0.2) is 0 Å². The molecule has 0 aromatic carbocycles. The lowest BCUT2D eigenvalue weighted by molar-refractivity contribution is 0.354. The van der Waals surface area contributed by atoms with E-state index in [1.165, 1.54) is 11.1 Å². The Balaban J connectivity index is 0. The fourth-order valence-electron chi connectivity index (χ4n) is 1.37. The van der Waals surface area contributed by atoms with Crippen molar-refractivity contribution in [3.63, 3.8) is 0 Å². The molecule has 0 aromatic rings. The molecule has 0 saturated carbocycles. The van der Waals surface area contributed by atoms with Gasteiger partial charge >= 0.3 is 0 Å². The number of hydrogen-bond acceptors (Lipinski definition) is 1. The molecule has 0 atom stereocenters. The summed E-state index contributed by atoms with van der Waals surface area (Å²) in [5, 5.41) is 0. The van der Waals surface area contributed by atoms with Crippen LogP contribution in [0.3, 0.4) is 0 Å². The molecule has 0 radical (unpaired) electrons. The lowest BCUT2D eigenvalue weighted by Gasteiger charge is -2.24. The van der Waals surface area contributed by atoms with Crippen LogP contribution in [-0.2, 0) is 0 Å². The molecule has 15 heavy (non-hydrogen) atoms. The Morgan fingerprint density at radius 1 is 1.00 bits per heavy atom. The second-order valence-corrected chi connectivity index (χ2v) is 2.95. The van der Waals surface area contributed by atoms with E-state index in [2.05, 4.69) is 25.1 Å². The van der Waals surface area contributed by atoms with Crippen molar-refractivity contribution in [3.05, 3.63) is 36.5 Å². The van der Waals surface area contributed by atoms with Crippen molar-refractivity contribution < 1.29 is 0 Å². The fraction of sp³-hybridized carbons (Fsp3) is 0.571. The van der Waals surface area contributed by atoms with E-state index in [1.807, 2.05) is 39.8 Å².